The third-order valence-electron chi connectivity index (χ3n) is 2.74. The Bertz CT molecular complexity index is 313. The van der Waals surface area contributed by atoms with Gasteiger partial charge in [0.2, 0.25) is 0 Å². The first-order chi connectivity index (χ1) is 6.96. The predicted molar refractivity (Wildman–Crippen MR) is 68.7 cm³/mol. The van der Waals surface area contributed by atoms with Gasteiger partial charge < -0.3 is 5.11 Å². The molecule has 0 spiro atoms. The summed E-state index contributed by atoms with van der Waals surface area (Å²) in [6.45, 7) is 10.6. The number of hydrogen-bond acceptors (Lipinski definition) is 1. The number of benzene rings is 1. The topological polar surface area (TPSA) is 20.2 Å². The molecule has 1 rings (SSSR count). The third-order valence-corrected chi connectivity index (χ3v) is 5.29. The molecule has 0 amide bonds. The van der Waals surface area contributed by atoms with Crippen LogP contribution in [0.25, 0.3) is 0 Å². The molecule has 0 saturated carbocycles. The summed E-state index contributed by atoms with van der Waals surface area (Å²) in [5.74, 6) is 0. The van der Waals surface area contributed by atoms with Crippen molar-refractivity contribution in [2.75, 3.05) is 0 Å². The van der Waals surface area contributed by atoms with Crippen molar-refractivity contribution < 1.29 is 5.11 Å². The predicted octanol–water partition coefficient (Wildman–Crippen LogP) is 3.61. The third kappa shape index (κ3) is 3.04. The van der Waals surface area contributed by atoms with E-state index in [-0.39, 0.29) is 5.54 Å². The van der Waals surface area contributed by atoms with E-state index in [1.807, 2.05) is 36.4 Å². The fourth-order valence-corrected chi connectivity index (χ4v) is 3.66. The van der Waals surface area contributed by atoms with Crippen LogP contribution >= 0.6 is 0 Å². The fraction of sp³-hybridized carbons (Fsp3) is 0.385. The molecule has 1 aromatic carbocycles. The van der Waals surface area contributed by atoms with Gasteiger partial charge in [0.05, 0.1) is 14.2 Å². The first-order valence-corrected chi connectivity index (χ1v) is 8.90. The Kier molecular flexibility index (Phi) is 3.88. The first kappa shape index (κ1) is 12.2. The Labute approximate surface area is 93.5 Å². The summed E-state index contributed by atoms with van der Waals surface area (Å²) in [5, 5.41) is 10.3. The summed E-state index contributed by atoms with van der Waals surface area (Å²) < 4.78 is 0. The maximum Gasteiger partial charge on any atom is 0.0828 e. The summed E-state index contributed by atoms with van der Waals surface area (Å²) in [4.78, 5) is 0. The Morgan fingerprint density at radius 1 is 1.20 bits per heavy atom. The van der Waals surface area contributed by atoms with E-state index in [2.05, 4.69) is 26.2 Å². The summed E-state index contributed by atoms with van der Waals surface area (Å²) in [5.41, 5.74) is 1.20. The Morgan fingerprint density at radius 3 is 2.13 bits per heavy atom. The Hall–Kier alpha value is -0.863. The average molecular weight is 220 g/mol. The molecule has 1 N–H and O–H groups in total. The monoisotopic (exact) mass is 220 g/mol. The normalized spacial score (nSPS) is 15.7. The minimum absolute atomic E-state index is 0.208. The molecule has 82 valence electrons. The van der Waals surface area contributed by atoms with Crippen molar-refractivity contribution in [3.05, 3.63) is 48.6 Å². The van der Waals surface area contributed by atoms with Crippen LogP contribution in [0.15, 0.2) is 43.0 Å². The SMILES string of the molecule is C=C[C@H]([C@@H](O)c1ccccc1)[Si](C)(C)C. The maximum absolute atomic E-state index is 10.3. The fourth-order valence-electron chi connectivity index (χ4n) is 1.81. The lowest BCUT2D eigenvalue weighted by molar-refractivity contribution is 0.179. The first-order valence-electron chi connectivity index (χ1n) is 5.32. The molecule has 1 aromatic rings. The van der Waals surface area contributed by atoms with Crippen LogP contribution in [0.1, 0.15) is 11.7 Å². The highest BCUT2D eigenvalue weighted by Gasteiger charge is 2.30. The molecule has 0 radical (unpaired) electrons. The van der Waals surface area contributed by atoms with Crippen LogP contribution < -0.4 is 0 Å². The molecule has 0 aliphatic carbocycles. The van der Waals surface area contributed by atoms with E-state index >= 15 is 0 Å². The lowest BCUT2D eigenvalue weighted by atomic mass is 10.1. The molecule has 15 heavy (non-hydrogen) atoms. The molecule has 0 saturated heterocycles. The van der Waals surface area contributed by atoms with Gasteiger partial charge in [0, 0.05) is 5.54 Å². The number of aliphatic hydroxyl groups excluding tert-OH is 1. The second kappa shape index (κ2) is 4.77. The van der Waals surface area contributed by atoms with Gasteiger partial charge in [-0.15, -0.1) is 6.58 Å². The summed E-state index contributed by atoms with van der Waals surface area (Å²) in [7, 11) is -1.40. The standard InChI is InChI=1S/C13H20OSi/c1-5-12(15(2,3)4)13(14)11-9-7-6-8-10-11/h5-10,12-14H,1H2,2-4H3/t12-,13+/m1/s1. The smallest absolute Gasteiger partial charge is 0.0828 e. The molecule has 0 aliphatic heterocycles. The van der Waals surface area contributed by atoms with Crippen molar-refractivity contribution in [1.82, 2.24) is 0 Å². The summed E-state index contributed by atoms with van der Waals surface area (Å²) in [6.07, 6.45) is 1.50. The number of hydrogen-bond donors (Lipinski definition) is 1. The highest BCUT2D eigenvalue weighted by molar-refractivity contribution is 6.78. The van der Waals surface area contributed by atoms with Gasteiger partial charge in [0.1, 0.15) is 0 Å². The zero-order valence-corrected chi connectivity index (χ0v) is 10.8. The van der Waals surface area contributed by atoms with Crippen molar-refractivity contribution in [3.63, 3.8) is 0 Å². The zero-order chi connectivity index (χ0) is 11.5. The van der Waals surface area contributed by atoms with E-state index in [0.717, 1.165) is 5.56 Å². The lowest BCUT2D eigenvalue weighted by Gasteiger charge is -2.30. The van der Waals surface area contributed by atoms with E-state index in [9.17, 15) is 5.11 Å². The van der Waals surface area contributed by atoms with Gasteiger partial charge in [0.25, 0.3) is 0 Å². The van der Waals surface area contributed by atoms with Gasteiger partial charge in [-0.3, -0.25) is 0 Å². The van der Waals surface area contributed by atoms with Gasteiger partial charge in [-0.2, -0.15) is 0 Å². The molecule has 2 atom stereocenters. The van der Waals surface area contributed by atoms with Crippen molar-refractivity contribution in [2.24, 2.45) is 0 Å². The molecule has 1 nitrogen and oxygen atoms in total. The van der Waals surface area contributed by atoms with Gasteiger partial charge in [-0.05, 0) is 5.56 Å². The van der Waals surface area contributed by atoms with Crippen molar-refractivity contribution in [2.45, 2.75) is 31.3 Å². The van der Waals surface area contributed by atoms with Crippen LogP contribution in [0.3, 0.4) is 0 Å². The summed E-state index contributed by atoms with van der Waals surface area (Å²) >= 11 is 0. The highest BCUT2D eigenvalue weighted by Crippen LogP contribution is 2.35. The number of aliphatic hydroxyl groups is 1. The quantitative estimate of drug-likeness (QED) is 0.607. The second-order valence-electron chi connectivity index (χ2n) is 4.98. The minimum atomic E-state index is -1.40. The average Bonchev–Trinajstić information content (AvgIpc) is 2.18. The van der Waals surface area contributed by atoms with E-state index in [1.165, 1.54) is 0 Å². The zero-order valence-electron chi connectivity index (χ0n) is 9.77. The van der Waals surface area contributed by atoms with Crippen molar-refractivity contribution in [3.8, 4) is 0 Å². The molecular weight excluding hydrogens is 200 g/mol. The number of rotatable bonds is 4. The second-order valence-corrected chi connectivity index (χ2v) is 10.4. The molecule has 0 aromatic heterocycles. The highest BCUT2D eigenvalue weighted by atomic mass is 28.3. The van der Waals surface area contributed by atoms with E-state index in [4.69, 9.17) is 0 Å². The molecule has 0 bridgehead atoms. The maximum atomic E-state index is 10.3. The van der Waals surface area contributed by atoms with E-state index in [0.29, 0.717) is 0 Å². The molecular formula is C13H20OSi. The molecule has 2 heteroatoms. The van der Waals surface area contributed by atoms with Gasteiger partial charge in [-0.25, -0.2) is 0 Å². The van der Waals surface area contributed by atoms with E-state index < -0.39 is 14.2 Å². The van der Waals surface area contributed by atoms with Crippen LogP contribution in [-0.4, -0.2) is 13.2 Å². The van der Waals surface area contributed by atoms with Crippen LogP contribution in [0, 0.1) is 0 Å². The van der Waals surface area contributed by atoms with Gasteiger partial charge >= 0.3 is 0 Å². The Balaban J connectivity index is 2.92. The molecule has 0 unspecified atom stereocenters. The van der Waals surface area contributed by atoms with E-state index in [1.54, 1.807) is 0 Å². The van der Waals surface area contributed by atoms with Crippen LogP contribution in [-0.2, 0) is 0 Å². The molecule has 0 aliphatic rings. The minimum Gasteiger partial charge on any atom is -0.388 e. The molecule has 0 fully saturated rings. The summed E-state index contributed by atoms with van der Waals surface area (Å²) in [6, 6.07) is 9.84. The largest absolute Gasteiger partial charge is 0.388 e. The molecule has 0 heterocycles. The van der Waals surface area contributed by atoms with Crippen molar-refractivity contribution >= 4 is 8.07 Å². The van der Waals surface area contributed by atoms with Crippen LogP contribution in [0.2, 0.25) is 25.2 Å². The lowest BCUT2D eigenvalue weighted by Crippen LogP contribution is -2.31. The van der Waals surface area contributed by atoms with Gasteiger partial charge in [-0.1, -0.05) is 56.0 Å². The van der Waals surface area contributed by atoms with Crippen LogP contribution in [0.5, 0.6) is 0 Å². The van der Waals surface area contributed by atoms with Gasteiger partial charge in [0.15, 0.2) is 0 Å². The van der Waals surface area contributed by atoms with Crippen LogP contribution in [0.4, 0.5) is 0 Å². The van der Waals surface area contributed by atoms with Crippen molar-refractivity contribution in [1.29, 1.82) is 0 Å². The Morgan fingerprint density at radius 2 is 1.73 bits per heavy atom.